The van der Waals surface area contributed by atoms with Crippen LogP contribution in [-0.4, -0.2) is 27.6 Å². The first-order chi connectivity index (χ1) is 11.8. The average Bonchev–Trinajstić information content (AvgIpc) is 2.95. The third-order valence-corrected chi connectivity index (χ3v) is 5.13. The van der Waals surface area contributed by atoms with Crippen LogP contribution >= 0.6 is 15.9 Å². The van der Waals surface area contributed by atoms with Crippen molar-refractivity contribution < 1.29 is 9.53 Å². The zero-order chi connectivity index (χ0) is 18.0. The number of amides is 1. The summed E-state index contributed by atoms with van der Waals surface area (Å²) in [4.78, 5) is 16.5. The van der Waals surface area contributed by atoms with Crippen molar-refractivity contribution in [2.45, 2.75) is 58.0 Å². The lowest BCUT2D eigenvalue weighted by Gasteiger charge is -2.28. The van der Waals surface area contributed by atoms with E-state index >= 15 is 0 Å². The SMILES string of the molecule is CC(C)(C)OC(=O)NCC1CCC(c2cn3ccc(Br)cc3n2)CC1. The van der Waals surface area contributed by atoms with E-state index in [1.54, 1.807) is 0 Å². The number of hydrogen-bond donors (Lipinski definition) is 1. The number of fused-ring (bicyclic) bond motifs is 1. The highest BCUT2D eigenvalue weighted by molar-refractivity contribution is 9.10. The van der Waals surface area contributed by atoms with Gasteiger partial charge in [-0.1, -0.05) is 15.9 Å². The van der Waals surface area contributed by atoms with Crippen LogP contribution in [0, 0.1) is 5.92 Å². The van der Waals surface area contributed by atoms with Gasteiger partial charge in [0.15, 0.2) is 0 Å². The number of hydrogen-bond acceptors (Lipinski definition) is 3. The van der Waals surface area contributed by atoms with Gasteiger partial charge in [-0.2, -0.15) is 0 Å². The number of rotatable bonds is 3. The van der Waals surface area contributed by atoms with Crippen LogP contribution in [0.3, 0.4) is 0 Å². The smallest absolute Gasteiger partial charge is 0.407 e. The van der Waals surface area contributed by atoms with E-state index < -0.39 is 5.60 Å². The van der Waals surface area contributed by atoms with Crippen LogP contribution < -0.4 is 5.32 Å². The Balaban J connectivity index is 1.50. The summed E-state index contributed by atoms with van der Waals surface area (Å²) in [6.45, 7) is 6.33. The van der Waals surface area contributed by atoms with Gasteiger partial charge >= 0.3 is 6.09 Å². The predicted octanol–water partition coefficient (Wildman–Crippen LogP) is 4.90. The van der Waals surface area contributed by atoms with Crippen LogP contribution in [0.4, 0.5) is 4.79 Å². The molecule has 0 aromatic carbocycles. The molecule has 136 valence electrons. The molecule has 3 rings (SSSR count). The van der Waals surface area contributed by atoms with E-state index in [9.17, 15) is 4.79 Å². The van der Waals surface area contributed by atoms with Crippen molar-refractivity contribution >= 4 is 27.7 Å². The van der Waals surface area contributed by atoms with E-state index in [2.05, 4.69) is 31.8 Å². The summed E-state index contributed by atoms with van der Waals surface area (Å²) in [5.41, 5.74) is 1.72. The summed E-state index contributed by atoms with van der Waals surface area (Å²) in [6.07, 6.45) is 8.31. The zero-order valence-corrected chi connectivity index (χ0v) is 16.7. The molecule has 5 nitrogen and oxygen atoms in total. The molecule has 1 fully saturated rings. The van der Waals surface area contributed by atoms with Crippen molar-refractivity contribution in [3.63, 3.8) is 0 Å². The molecule has 0 spiro atoms. The fourth-order valence-corrected chi connectivity index (χ4v) is 3.70. The number of aromatic nitrogens is 2. The molecule has 1 saturated carbocycles. The molecule has 0 saturated heterocycles. The average molecular weight is 408 g/mol. The highest BCUT2D eigenvalue weighted by Gasteiger charge is 2.25. The number of imidazole rings is 1. The molecular weight excluding hydrogens is 382 g/mol. The summed E-state index contributed by atoms with van der Waals surface area (Å²) < 4.78 is 8.43. The minimum Gasteiger partial charge on any atom is -0.444 e. The van der Waals surface area contributed by atoms with Crippen molar-refractivity contribution in [2.24, 2.45) is 5.92 Å². The van der Waals surface area contributed by atoms with Crippen molar-refractivity contribution in [1.82, 2.24) is 14.7 Å². The van der Waals surface area contributed by atoms with Gasteiger partial charge < -0.3 is 14.5 Å². The van der Waals surface area contributed by atoms with Gasteiger partial charge in [0.2, 0.25) is 0 Å². The Morgan fingerprint density at radius 2 is 2.08 bits per heavy atom. The first-order valence-corrected chi connectivity index (χ1v) is 9.70. The van der Waals surface area contributed by atoms with Gasteiger partial charge in [0.25, 0.3) is 0 Å². The Bertz CT molecular complexity index is 743. The summed E-state index contributed by atoms with van der Waals surface area (Å²) >= 11 is 3.49. The highest BCUT2D eigenvalue weighted by Crippen LogP contribution is 2.35. The second-order valence-corrected chi connectivity index (χ2v) is 8.79. The van der Waals surface area contributed by atoms with Gasteiger partial charge in [0, 0.05) is 29.3 Å². The number of carbonyl (C=O) groups excluding carboxylic acids is 1. The summed E-state index contributed by atoms with van der Waals surface area (Å²) in [5.74, 6) is 1.03. The molecule has 2 aromatic heterocycles. The Hall–Kier alpha value is -1.56. The topological polar surface area (TPSA) is 55.6 Å². The number of nitrogens with one attached hydrogen (secondary N) is 1. The van der Waals surface area contributed by atoms with Crippen molar-refractivity contribution in [2.75, 3.05) is 6.54 Å². The molecule has 1 aliphatic carbocycles. The van der Waals surface area contributed by atoms with Crippen molar-refractivity contribution in [1.29, 1.82) is 0 Å². The molecule has 0 radical (unpaired) electrons. The van der Waals surface area contributed by atoms with Crippen LogP contribution in [0.2, 0.25) is 0 Å². The standard InChI is InChI=1S/C19H26BrN3O2/c1-19(2,3)25-18(24)21-11-13-4-6-14(7-5-13)16-12-23-9-8-15(20)10-17(23)22-16/h8-10,12-14H,4-7,11H2,1-3H3,(H,21,24). The Kier molecular flexibility index (Phi) is 5.37. The zero-order valence-electron chi connectivity index (χ0n) is 15.1. The van der Waals surface area contributed by atoms with E-state index in [-0.39, 0.29) is 6.09 Å². The highest BCUT2D eigenvalue weighted by atomic mass is 79.9. The van der Waals surface area contributed by atoms with Gasteiger partial charge in [-0.05, 0) is 64.5 Å². The molecule has 1 N–H and O–H groups in total. The maximum Gasteiger partial charge on any atom is 0.407 e. The summed E-state index contributed by atoms with van der Waals surface area (Å²) in [7, 11) is 0. The number of carbonyl (C=O) groups is 1. The normalized spacial score (nSPS) is 21.3. The summed E-state index contributed by atoms with van der Waals surface area (Å²) in [6, 6.07) is 4.07. The van der Waals surface area contributed by atoms with Gasteiger partial charge in [-0.3, -0.25) is 0 Å². The van der Waals surface area contributed by atoms with Gasteiger partial charge in [-0.25, -0.2) is 9.78 Å². The molecule has 0 atom stereocenters. The van der Waals surface area contributed by atoms with E-state index in [1.807, 2.05) is 39.1 Å². The molecule has 0 bridgehead atoms. The Morgan fingerprint density at radius 1 is 1.36 bits per heavy atom. The first kappa shape index (κ1) is 18.2. The molecule has 1 aliphatic rings. The third kappa shape index (κ3) is 4.97. The number of pyridine rings is 1. The number of nitrogens with zero attached hydrogens (tertiary/aromatic N) is 2. The van der Waals surface area contributed by atoms with E-state index in [4.69, 9.17) is 9.72 Å². The fraction of sp³-hybridized carbons (Fsp3) is 0.579. The number of halogens is 1. The third-order valence-electron chi connectivity index (χ3n) is 4.64. The summed E-state index contributed by atoms with van der Waals surface area (Å²) in [5, 5.41) is 2.91. The largest absolute Gasteiger partial charge is 0.444 e. The Morgan fingerprint density at radius 3 is 2.76 bits per heavy atom. The number of ether oxygens (including phenoxy) is 1. The van der Waals surface area contributed by atoms with Gasteiger partial charge in [-0.15, -0.1) is 0 Å². The van der Waals surface area contributed by atoms with Crippen molar-refractivity contribution in [3.8, 4) is 0 Å². The van der Waals surface area contributed by atoms with E-state index in [0.29, 0.717) is 18.4 Å². The fourth-order valence-electron chi connectivity index (χ4n) is 3.38. The molecule has 0 aliphatic heterocycles. The first-order valence-electron chi connectivity index (χ1n) is 8.91. The minimum absolute atomic E-state index is 0.319. The van der Waals surface area contributed by atoms with E-state index in [1.165, 1.54) is 5.69 Å². The molecule has 0 unspecified atom stereocenters. The molecular formula is C19H26BrN3O2. The van der Waals surface area contributed by atoms with Crippen LogP contribution in [0.25, 0.3) is 5.65 Å². The molecule has 1 amide bonds. The molecule has 2 heterocycles. The lowest BCUT2D eigenvalue weighted by atomic mass is 9.80. The second-order valence-electron chi connectivity index (χ2n) is 7.88. The minimum atomic E-state index is -0.445. The Labute approximate surface area is 157 Å². The van der Waals surface area contributed by atoms with Crippen LogP contribution in [0.15, 0.2) is 29.0 Å². The van der Waals surface area contributed by atoms with E-state index in [0.717, 1.165) is 35.8 Å². The molecule has 2 aromatic rings. The van der Waals surface area contributed by atoms with Crippen LogP contribution in [0.5, 0.6) is 0 Å². The van der Waals surface area contributed by atoms with Gasteiger partial charge in [0.1, 0.15) is 11.2 Å². The van der Waals surface area contributed by atoms with Crippen LogP contribution in [-0.2, 0) is 4.74 Å². The molecule has 6 heteroatoms. The maximum absolute atomic E-state index is 11.8. The van der Waals surface area contributed by atoms with Crippen LogP contribution in [0.1, 0.15) is 58.1 Å². The quantitative estimate of drug-likeness (QED) is 0.787. The lowest BCUT2D eigenvalue weighted by Crippen LogP contribution is -2.36. The number of alkyl carbamates (subject to hydrolysis) is 1. The molecule has 25 heavy (non-hydrogen) atoms. The lowest BCUT2D eigenvalue weighted by molar-refractivity contribution is 0.0514. The maximum atomic E-state index is 11.8. The predicted molar refractivity (Wildman–Crippen MR) is 102 cm³/mol. The van der Waals surface area contributed by atoms with Crippen molar-refractivity contribution in [3.05, 3.63) is 34.7 Å². The second kappa shape index (κ2) is 7.36. The van der Waals surface area contributed by atoms with Gasteiger partial charge in [0.05, 0.1) is 5.69 Å². The monoisotopic (exact) mass is 407 g/mol.